The summed E-state index contributed by atoms with van der Waals surface area (Å²) < 4.78 is 9.71. The van der Waals surface area contributed by atoms with Crippen LogP contribution in [0, 0.1) is 59.2 Å². The smallest absolute Gasteiger partial charge is 0.306 e. The molecule has 0 saturated carbocycles. The van der Waals surface area contributed by atoms with E-state index in [0.29, 0.717) is 48.0 Å². The zero-order valence-electron chi connectivity index (χ0n) is 32.6. The van der Waals surface area contributed by atoms with Crippen molar-refractivity contribution >= 4 is 23.8 Å². The van der Waals surface area contributed by atoms with E-state index >= 15 is 0 Å². The Bertz CT molecular complexity index is 1800. The fourth-order valence-electron chi connectivity index (χ4n) is 7.32. The molecule has 12 heteroatoms. The maximum Gasteiger partial charge on any atom is 0.306 e. The molecule has 2 aromatic heterocycles. The van der Waals surface area contributed by atoms with Crippen molar-refractivity contribution in [2.75, 3.05) is 27.3 Å². The van der Waals surface area contributed by atoms with Gasteiger partial charge in [-0.3, -0.25) is 19.2 Å². The maximum absolute atomic E-state index is 13.6. The molecule has 0 radical (unpaired) electrons. The summed E-state index contributed by atoms with van der Waals surface area (Å²) in [5.74, 6) is 12.8. The van der Waals surface area contributed by atoms with E-state index < -0.39 is 11.8 Å². The van der Waals surface area contributed by atoms with Gasteiger partial charge in [0.15, 0.2) is 0 Å². The fourth-order valence-corrected chi connectivity index (χ4v) is 7.32. The van der Waals surface area contributed by atoms with E-state index in [1.807, 2.05) is 61.8 Å². The third-order valence-corrected chi connectivity index (χ3v) is 10.4. The lowest BCUT2D eigenvalue weighted by Gasteiger charge is -2.29. The average Bonchev–Trinajstić information content (AvgIpc) is 3.97. The average molecular weight is 737 g/mol. The molecule has 12 nitrogen and oxygen atoms in total. The second-order valence-corrected chi connectivity index (χ2v) is 15.4. The fraction of sp³-hybridized carbons (Fsp3) is 0.524. The van der Waals surface area contributed by atoms with Crippen molar-refractivity contribution in [3.8, 4) is 23.7 Å². The van der Waals surface area contributed by atoms with E-state index in [-0.39, 0.29) is 60.5 Å². The number of aromatic nitrogens is 4. The summed E-state index contributed by atoms with van der Waals surface area (Å²) >= 11 is 0. The van der Waals surface area contributed by atoms with Gasteiger partial charge in [0.25, 0.3) is 0 Å². The van der Waals surface area contributed by atoms with Gasteiger partial charge in [0.1, 0.15) is 23.0 Å². The van der Waals surface area contributed by atoms with Crippen molar-refractivity contribution in [3.63, 3.8) is 0 Å². The van der Waals surface area contributed by atoms with Crippen LogP contribution in [0.15, 0.2) is 36.7 Å². The number of methoxy groups -OCH3 is 2. The first-order valence-electron chi connectivity index (χ1n) is 18.8. The van der Waals surface area contributed by atoms with Crippen LogP contribution in [0.25, 0.3) is 0 Å². The molecular formula is C42H52N6O6. The van der Waals surface area contributed by atoms with Crippen molar-refractivity contribution in [2.24, 2.45) is 35.5 Å². The van der Waals surface area contributed by atoms with Gasteiger partial charge in [-0.2, -0.15) is 0 Å². The predicted octanol–water partition coefficient (Wildman–Crippen LogP) is 5.42. The van der Waals surface area contributed by atoms with Crippen molar-refractivity contribution in [3.05, 3.63) is 70.8 Å². The van der Waals surface area contributed by atoms with Crippen LogP contribution in [0.5, 0.6) is 0 Å². The number of carbonyl (C=O) groups excluding carboxylic acids is 4. The zero-order chi connectivity index (χ0) is 39.1. The quantitative estimate of drug-likeness (QED) is 0.207. The van der Waals surface area contributed by atoms with Gasteiger partial charge in [-0.05, 0) is 72.6 Å². The Morgan fingerprint density at radius 2 is 1.06 bits per heavy atom. The monoisotopic (exact) mass is 736 g/mol. The second-order valence-electron chi connectivity index (χ2n) is 15.4. The van der Waals surface area contributed by atoms with Gasteiger partial charge >= 0.3 is 11.9 Å². The van der Waals surface area contributed by atoms with E-state index in [2.05, 4.69) is 57.5 Å². The Labute approximate surface area is 318 Å². The summed E-state index contributed by atoms with van der Waals surface area (Å²) in [5, 5.41) is 0. The first kappa shape index (κ1) is 39.8. The predicted molar refractivity (Wildman–Crippen MR) is 202 cm³/mol. The number of aromatic amines is 2. The number of rotatable bonds is 10. The van der Waals surface area contributed by atoms with E-state index in [1.165, 1.54) is 14.2 Å². The number of H-pyrrole nitrogens is 2. The molecule has 1 aromatic carbocycles. The summed E-state index contributed by atoms with van der Waals surface area (Å²) in [6.45, 7) is 13.2. The third kappa shape index (κ3) is 9.59. The molecule has 2 saturated heterocycles. The molecule has 0 unspecified atom stereocenters. The summed E-state index contributed by atoms with van der Waals surface area (Å²) in [6, 6.07) is 7.18. The topological polar surface area (TPSA) is 151 Å². The van der Waals surface area contributed by atoms with E-state index in [9.17, 15) is 19.2 Å². The number of esters is 2. The molecule has 3 aromatic rings. The molecule has 4 heterocycles. The molecule has 2 aliphatic heterocycles. The van der Waals surface area contributed by atoms with Crippen LogP contribution in [-0.4, -0.2) is 80.8 Å². The molecular weight excluding hydrogens is 684 g/mol. The lowest BCUT2D eigenvalue weighted by atomic mass is 9.91. The van der Waals surface area contributed by atoms with E-state index in [0.717, 1.165) is 24.0 Å². The summed E-state index contributed by atoms with van der Waals surface area (Å²) in [6.07, 6.45) is 5.02. The number of hydrogen-bond donors (Lipinski definition) is 2. The highest BCUT2D eigenvalue weighted by molar-refractivity contribution is 5.85. The Morgan fingerprint density at radius 1 is 0.685 bits per heavy atom. The van der Waals surface area contributed by atoms with Crippen LogP contribution in [0.2, 0.25) is 0 Å². The second kappa shape index (κ2) is 17.6. The van der Waals surface area contributed by atoms with Crippen molar-refractivity contribution in [2.45, 2.75) is 79.3 Å². The number of nitrogens with zero attached hydrogens (tertiary/aromatic N) is 4. The normalized spacial score (nSPS) is 20.6. The standard InChI is InChI=1S/C42H52N6O6/c1-25(2)33(19-37(49)53-7)41(51)47-23-27(5)17-35(47)39-43-21-31(45-39)15-13-29-9-11-30(12-10-29)14-16-32-22-44-40(46-32)36-18-28(6)24-48(36)42(52)34(26(3)4)20-38(50)54-8/h9-12,21-22,25-28,33-36H,17-20,23-24H2,1-8H3,(H,43,45)(H,44,46)/t27-,28-,33-,34-,35-,36-/m0/s1. The Hall–Kier alpha value is -5.36. The number of amides is 2. The van der Waals surface area contributed by atoms with Crippen molar-refractivity contribution < 1.29 is 28.7 Å². The van der Waals surface area contributed by atoms with Crippen LogP contribution in [0.1, 0.15) is 113 Å². The number of likely N-dealkylation sites (tertiary alicyclic amines) is 2. The number of carbonyl (C=O) groups is 4. The van der Waals surface area contributed by atoms with Gasteiger partial charge in [0.2, 0.25) is 11.8 Å². The van der Waals surface area contributed by atoms with Gasteiger partial charge < -0.3 is 29.2 Å². The lowest BCUT2D eigenvalue weighted by Crippen LogP contribution is -2.39. The Morgan fingerprint density at radius 3 is 1.39 bits per heavy atom. The van der Waals surface area contributed by atoms with Crippen LogP contribution < -0.4 is 0 Å². The Kier molecular flexibility index (Phi) is 13.0. The van der Waals surface area contributed by atoms with Crippen LogP contribution in [-0.2, 0) is 28.7 Å². The highest BCUT2D eigenvalue weighted by atomic mass is 16.5. The molecule has 2 aliphatic rings. The van der Waals surface area contributed by atoms with Crippen LogP contribution in [0.4, 0.5) is 0 Å². The number of hydrogen-bond acceptors (Lipinski definition) is 8. The minimum atomic E-state index is -0.461. The van der Waals surface area contributed by atoms with Gasteiger partial charge in [0, 0.05) is 24.2 Å². The van der Waals surface area contributed by atoms with Gasteiger partial charge in [-0.25, -0.2) is 9.97 Å². The highest BCUT2D eigenvalue weighted by Crippen LogP contribution is 2.38. The molecule has 2 fully saturated rings. The third-order valence-electron chi connectivity index (χ3n) is 10.4. The minimum Gasteiger partial charge on any atom is -0.469 e. The molecule has 2 amide bonds. The first-order valence-corrected chi connectivity index (χ1v) is 18.8. The maximum atomic E-state index is 13.6. The van der Waals surface area contributed by atoms with Gasteiger partial charge in [-0.1, -0.05) is 53.4 Å². The Balaban J connectivity index is 1.23. The lowest BCUT2D eigenvalue weighted by molar-refractivity contribution is -0.148. The molecule has 0 bridgehead atoms. The molecule has 0 spiro atoms. The highest BCUT2D eigenvalue weighted by Gasteiger charge is 2.41. The minimum absolute atomic E-state index is 0.0118. The largest absolute Gasteiger partial charge is 0.469 e. The molecule has 54 heavy (non-hydrogen) atoms. The molecule has 2 N–H and O–H groups in total. The number of imidazole rings is 2. The molecule has 6 atom stereocenters. The molecule has 5 rings (SSSR count). The summed E-state index contributed by atoms with van der Waals surface area (Å²) in [7, 11) is 2.68. The van der Waals surface area contributed by atoms with E-state index in [1.54, 1.807) is 12.4 Å². The first-order chi connectivity index (χ1) is 25.8. The number of ether oxygens (including phenoxy) is 2. The zero-order valence-corrected chi connectivity index (χ0v) is 32.6. The number of benzene rings is 1. The number of nitrogens with one attached hydrogen (secondary N) is 2. The summed E-state index contributed by atoms with van der Waals surface area (Å²) in [4.78, 5) is 70.8. The van der Waals surface area contributed by atoms with Crippen LogP contribution >= 0.6 is 0 Å². The van der Waals surface area contributed by atoms with Gasteiger partial charge in [-0.15, -0.1) is 0 Å². The van der Waals surface area contributed by atoms with E-state index in [4.69, 9.17) is 9.47 Å². The van der Waals surface area contributed by atoms with Gasteiger partial charge in [0.05, 0.1) is 63.4 Å². The van der Waals surface area contributed by atoms with Crippen molar-refractivity contribution in [1.82, 2.24) is 29.7 Å². The molecule has 0 aliphatic carbocycles. The SMILES string of the molecule is COC(=O)C[C@H](C(=O)N1C[C@@H](C)C[C@H]1c1ncc(C#Cc2ccc(C#Cc3cnc([C@@H]4C[C@H](C)CN4C(=O)[C@@H](CC(=O)OC)C(C)C)[nH]3)cc2)[nH]1)C(C)C. The van der Waals surface area contributed by atoms with Crippen LogP contribution in [0.3, 0.4) is 0 Å². The summed E-state index contributed by atoms with van der Waals surface area (Å²) in [5.41, 5.74) is 2.90. The molecule has 286 valence electrons. The van der Waals surface area contributed by atoms with Crippen molar-refractivity contribution in [1.29, 1.82) is 0 Å².